The van der Waals surface area contributed by atoms with E-state index in [4.69, 9.17) is 9.47 Å². The van der Waals surface area contributed by atoms with E-state index < -0.39 is 0 Å². The second kappa shape index (κ2) is 8.09. The molecule has 1 aliphatic carbocycles. The van der Waals surface area contributed by atoms with Crippen LogP contribution in [0.1, 0.15) is 37.7 Å². The number of rotatable bonds is 6. The minimum absolute atomic E-state index is 0.223. The van der Waals surface area contributed by atoms with Gasteiger partial charge in [-0.15, -0.1) is 0 Å². The lowest BCUT2D eigenvalue weighted by Gasteiger charge is -2.40. The van der Waals surface area contributed by atoms with E-state index in [9.17, 15) is 4.79 Å². The molecule has 1 amide bonds. The highest BCUT2D eigenvalue weighted by molar-refractivity contribution is 5.79. The number of carbonyl (C=O) groups excluding carboxylic acids is 1. The van der Waals surface area contributed by atoms with Gasteiger partial charge in [-0.2, -0.15) is 0 Å². The lowest BCUT2D eigenvalue weighted by Crippen LogP contribution is -2.47. The first-order valence-electron chi connectivity index (χ1n) is 10.4. The van der Waals surface area contributed by atoms with Gasteiger partial charge in [-0.3, -0.25) is 9.69 Å². The zero-order chi connectivity index (χ0) is 18.8. The Hall–Kier alpha value is -1.75. The van der Waals surface area contributed by atoms with Gasteiger partial charge in [0.05, 0.1) is 20.6 Å². The maximum Gasteiger partial charge on any atom is 0.227 e. The van der Waals surface area contributed by atoms with Crippen molar-refractivity contribution in [1.82, 2.24) is 9.80 Å². The number of piperidine rings is 1. The van der Waals surface area contributed by atoms with Crippen molar-refractivity contribution in [2.45, 2.75) is 44.6 Å². The molecule has 3 heterocycles. The Morgan fingerprint density at radius 1 is 1.07 bits per heavy atom. The van der Waals surface area contributed by atoms with Crippen molar-refractivity contribution in [2.24, 2.45) is 11.8 Å². The smallest absolute Gasteiger partial charge is 0.227 e. The Morgan fingerprint density at radius 2 is 1.93 bits per heavy atom. The molecular formula is C22H32N2O3. The average molecular weight is 373 g/mol. The molecule has 1 aromatic carbocycles. The van der Waals surface area contributed by atoms with Gasteiger partial charge >= 0.3 is 0 Å². The number of ether oxygens (including phenoxy) is 2. The lowest BCUT2D eigenvalue weighted by atomic mass is 9.83. The molecule has 27 heavy (non-hydrogen) atoms. The number of nitrogens with zero attached hydrogens (tertiary/aromatic N) is 2. The molecule has 148 valence electrons. The Labute approximate surface area is 162 Å². The molecule has 2 bridgehead atoms. The van der Waals surface area contributed by atoms with Gasteiger partial charge < -0.3 is 14.4 Å². The van der Waals surface area contributed by atoms with E-state index in [2.05, 4.69) is 9.80 Å². The van der Waals surface area contributed by atoms with Crippen LogP contribution in [0.2, 0.25) is 0 Å². The summed E-state index contributed by atoms with van der Waals surface area (Å²) in [6, 6.07) is 6.25. The van der Waals surface area contributed by atoms with Crippen LogP contribution >= 0.6 is 0 Å². The molecule has 0 spiro atoms. The SMILES string of the molecule is COc1ccc(CC(=O)N2C[C@H]3CC[C@@H](C2)N(CC2CCC2)C3)c(OC)c1. The molecule has 5 heteroatoms. The lowest BCUT2D eigenvalue weighted by molar-refractivity contribution is -0.130. The van der Waals surface area contributed by atoms with Crippen molar-refractivity contribution < 1.29 is 14.3 Å². The van der Waals surface area contributed by atoms with Crippen molar-refractivity contribution in [3.63, 3.8) is 0 Å². The zero-order valence-electron chi connectivity index (χ0n) is 16.7. The van der Waals surface area contributed by atoms with Gasteiger partial charge in [0.25, 0.3) is 0 Å². The molecule has 5 rings (SSSR count). The van der Waals surface area contributed by atoms with Crippen molar-refractivity contribution in [3.8, 4) is 11.5 Å². The molecule has 4 aliphatic rings. The second-order valence-electron chi connectivity index (χ2n) is 8.50. The fourth-order valence-corrected chi connectivity index (χ4v) is 4.89. The molecule has 0 unspecified atom stereocenters. The topological polar surface area (TPSA) is 42.0 Å². The van der Waals surface area contributed by atoms with Gasteiger partial charge in [0.1, 0.15) is 11.5 Å². The van der Waals surface area contributed by atoms with Crippen LogP contribution in [0.5, 0.6) is 11.5 Å². The van der Waals surface area contributed by atoms with E-state index in [-0.39, 0.29) is 5.91 Å². The summed E-state index contributed by atoms with van der Waals surface area (Å²) in [6.45, 7) is 4.22. The van der Waals surface area contributed by atoms with Gasteiger partial charge in [0, 0.05) is 43.9 Å². The van der Waals surface area contributed by atoms with Crippen LogP contribution < -0.4 is 9.47 Å². The van der Waals surface area contributed by atoms with Gasteiger partial charge in [0.15, 0.2) is 0 Å². The number of methoxy groups -OCH3 is 2. The number of carbonyl (C=O) groups is 1. The van der Waals surface area contributed by atoms with Gasteiger partial charge in [-0.1, -0.05) is 12.5 Å². The molecule has 3 aliphatic heterocycles. The maximum absolute atomic E-state index is 13.1. The van der Waals surface area contributed by atoms with Crippen LogP contribution in [0.15, 0.2) is 18.2 Å². The van der Waals surface area contributed by atoms with Crippen molar-refractivity contribution in [3.05, 3.63) is 23.8 Å². The van der Waals surface area contributed by atoms with Gasteiger partial charge in [-0.25, -0.2) is 0 Å². The average Bonchev–Trinajstić information content (AvgIpc) is 2.97. The van der Waals surface area contributed by atoms with E-state index in [1.807, 2.05) is 18.2 Å². The summed E-state index contributed by atoms with van der Waals surface area (Å²) < 4.78 is 10.7. The van der Waals surface area contributed by atoms with Crippen LogP contribution in [0.25, 0.3) is 0 Å². The van der Waals surface area contributed by atoms with Crippen LogP contribution in [-0.4, -0.2) is 62.1 Å². The summed E-state index contributed by atoms with van der Waals surface area (Å²) in [5.74, 6) is 3.23. The molecule has 3 saturated heterocycles. The van der Waals surface area contributed by atoms with Crippen LogP contribution in [0, 0.1) is 11.8 Å². The quantitative estimate of drug-likeness (QED) is 0.770. The fraction of sp³-hybridized carbons (Fsp3) is 0.682. The van der Waals surface area contributed by atoms with Crippen molar-refractivity contribution >= 4 is 5.91 Å². The predicted octanol–water partition coefficient (Wildman–Crippen LogP) is 2.97. The largest absolute Gasteiger partial charge is 0.497 e. The molecule has 1 saturated carbocycles. The zero-order valence-corrected chi connectivity index (χ0v) is 16.7. The summed E-state index contributed by atoms with van der Waals surface area (Å²) >= 11 is 0. The van der Waals surface area contributed by atoms with Gasteiger partial charge in [0.2, 0.25) is 5.91 Å². The molecule has 0 radical (unpaired) electrons. The number of amides is 1. The van der Waals surface area contributed by atoms with Crippen LogP contribution in [-0.2, 0) is 11.2 Å². The third-order valence-corrected chi connectivity index (χ3v) is 6.73. The number of hydrogen-bond acceptors (Lipinski definition) is 4. The highest BCUT2D eigenvalue weighted by Gasteiger charge is 2.37. The van der Waals surface area contributed by atoms with E-state index in [1.54, 1.807) is 14.2 Å². The Morgan fingerprint density at radius 3 is 2.63 bits per heavy atom. The van der Waals surface area contributed by atoms with E-state index in [0.29, 0.717) is 18.4 Å². The van der Waals surface area contributed by atoms with Crippen LogP contribution in [0.4, 0.5) is 0 Å². The van der Waals surface area contributed by atoms with Crippen LogP contribution in [0.3, 0.4) is 0 Å². The number of fused-ring (bicyclic) bond motifs is 4. The first-order valence-corrected chi connectivity index (χ1v) is 10.4. The Bertz CT molecular complexity index is 674. The molecule has 1 aromatic rings. The van der Waals surface area contributed by atoms with E-state index >= 15 is 0 Å². The summed E-state index contributed by atoms with van der Waals surface area (Å²) in [4.78, 5) is 17.9. The Balaban J connectivity index is 1.42. The predicted molar refractivity (Wildman–Crippen MR) is 105 cm³/mol. The molecule has 4 fully saturated rings. The third-order valence-electron chi connectivity index (χ3n) is 6.73. The molecule has 0 aromatic heterocycles. The minimum Gasteiger partial charge on any atom is -0.497 e. The minimum atomic E-state index is 0.223. The fourth-order valence-electron chi connectivity index (χ4n) is 4.89. The first-order chi connectivity index (χ1) is 13.2. The highest BCUT2D eigenvalue weighted by atomic mass is 16.5. The Kier molecular flexibility index (Phi) is 5.58. The molecule has 0 N–H and O–H groups in total. The summed E-state index contributed by atoms with van der Waals surface area (Å²) in [5, 5.41) is 0. The first kappa shape index (κ1) is 18.6. The number of hydrogen-bond donors (Lipinski definition) is 0. The highest BCUT2D eigenvalue weighted by Crippen LogP contribution is 2.33. The molecular weight excluding hydrogens is 340 g/mol. The summed E-state index contributed by atoms with van der Waals surface area (Å²) in [6.07, 6.45) is 7.10. The second-order valence-corrected chi connectivity index (χ2v) is 8.50. The van der Waals surface area contributed by atoms with Crippen molar-refractivity contribution in [2.75, 3.05) is 40.4 Å². The molecule has 2 atom stereocenters. The van der Waals surface area contributed by atoms with Crippen molar-refractivity contribution in [1.29, 1.82) is 0 Å². The number of benzene rings is 1. The third kappa shape index (κ3) is 4.08. The van der Waals surface area contributed by atoms with Gasteiger partial charge in [-0.05, 0) is 43.6 Å². The summed E-state index contributed by atoms with van der Waals surface area (Å²) in [7, 11) is 3.29. The molecule has 5 nitrogen and oxygen atoms in total. The van der Waals surface area contributed by atoms with E-state index in [0.717, 1.165) is 36.1 Å². The van der Waals surface area contributed by atoms with E-state index in [1.165, 1.54) is 45.2 Å². The normalized spacial score (nSPS) is 25.8. The maximum atomic E-state index is 13.1. The summed E-state index contributed by atoms with van der Waals surface area (Å²) in [5.41, 5.74) is 0.936. The standard InChI is InChI=1S/C22H32N2O3/c1-26-20-9-7-18(21(11-20)27-2)10-22(25)24-14-17-6-8-19(15-24)23(13-17)12-16-4-3-5-16/h7,9,11,16-17,19H,3-6,8,10,12-15H2,1-2H3/t17-,19-/m0/s1. The monoisotopic (exact) mass is 372 g/mol.